The Balaban J connectivity index is 1.42. The minimum absolute atomic E-state index is 0.154. The lowest BCUT2D eigenvalue weighted by Crippen LogP contribution is -2.51. The molecule has 0 radical (unpaired) electrons. The number of halogens is 3. The number of rotatable bonds is 5. The number of benzene rings is 1. The first-order valence-corrected chi connectivity index (χ1v) is 12.6. The molecule has 9 nitrogen and oxygen atoms in total. The lowest BCUT2D eigenvalue weighted by molar-refractivity contribution is -0.140. The van der Waals surface area contributed by atoms with E-state index in [1.807, 2.05) is 0 Å². The van der Waals surface area contributed by atoms with Gasteiger partial charge in [0.1, 0.15) is 12.4 Å². The quantitative estimate of drug-likeness (QED) is 0.531. The molecule has 12 heteroatoms. The number of anilines is 2. The van der Waals surface area contributed by atoms with Crippen molar-refractivity contribution in [1.82, 2.24) is 30.2 Å². The molecule has 0 spiro atoms. The number of piperazine rings is 1. The number of likely N-dealkylation sites (N-methyl/N-ethyl adjacent to an activating group) is 1. The predicted molar refractivity (Wildman–Crippen MR) is 133 cm³/mol. The largest absolute Gasteiger partial charge is 0.462 e. The van der Waals surface area contributed by atoms with Gasteiger partial charge in [0.15, 0.2) is 5.69 Å². The zero-order valence-corrected chi connectivity index (χ0v) is 20.5. The molecule has 3 fully saturated rings. The number of ether oxygens (including phenoxy) is 1. The first kappa shape index (κ1) is 24.1. The highest BCUT2D eigenvalue weighted by molar-refractivity contribution is 5.93. The van der Waals surface area contributed by atoms with E-state index in [0.717, 1.165) is 62.7 Å². The standard InChI is InChI=1S/C25H29F3N8O/c1-35-8-2-3-17(35)13-37-24-32-20-9-14(19-10-30-23(29)33-21(19)25(26,27)28)4-7-18(20)22(34-24)36-11-15-5-6-16(12-36)31-15/h4,7,9-10,15-17,31H,2-3,5-6,8,11-13H2,1H3,(H2,29,30,33)/t15?,16?,17-/m0/s1. The first-order chi connectivity index (χ1) is 17.7. The van der Waals surface area contributed by atoms with Gasteiger partial charge in [-0.2, -0.15) is 23.1 Å². The van der Waals surface area contributed by atoms with Crippen LogP contribution in [0.25, 0.3) is 22.0 Å². The molecule has 3 aromatic rings. The maximum absolute atomic E-state index is 13.8. The number of nitrogen functional groups attached to an aromatic ring is 1. The molecule has 37 heavy (non-hydrogen) atoms. The van der Waals surface area contributed by atoms with Crippen molar-refractivity contribution in [3.63, 3.8) is 0 Å². The molecule has 5 heterocycles. The summed E-state index contributed by atoms with van der Waals surface area (Å²) in [5.74, 6) is 0.316. The van der Waals surface area contributed by atoms with Gasteiger partial charge in [0.05, 0.1) is 5.52 Å². The summed E-state index contributed by atoms with van der Waals surface area (Å²) in [4.78, 5) is 21.2. The van der Waals surface area contributed by atoms with E-state index in [2.05, 4.69) is 37.1 Å². The summed E-state index contributed by atoms with van der Waals surface area (Å²) in [5.41, 5.74) is 5.04. The molecule has 6 rings (SSSR count). The van der Waals surface area contributed by atoms with Crippen LogP contribution in [0.1, 0.15) is 31.4 Å². The minimum Gasteiger partial charge on any atom is -0.462 e. The first-order valence-electron chi connectivity index (χ1n) is 12.6. The Morgan fingerprint density at radius 2 is 1.89 bits per heavy atom. The van der Waals surface area contributed by atoms with E-state index in [4.69, 9.17) is 15.5 Å². The van der Waals surface area contributed by atoms with Crippen LogP contribution in [0.4, 0.5) is 24.9 Å². The topological polar surface area (TPSA) is 105 Å². The molecule has 3 aliphatic heterocycles. The number of nitrogens with one attached hydrogen (secondary N) is 1. The fourth-order valence-electron chi connectivity index (χ4n) is 5.72. The molecule has 0 saturated carbocycles. The van der Waals surface area contributed by atoms with E-state index in [0.29, 0.717) is 29.8 Å². The van der Waals surface area contributed by atoms with Gasteiger partial charge in [-0.25, -0.2) is 9.97 Å². The molecule has 2 bridgehead atoms. The fourth-order valence-corrected chi connectivity index (χ4v) is 5.72. The molecular weight excluding hydrogens is 485 g/mol. The number of hydrogen-bond donors (Lipinski definition) is 2. The highest BCUT2D eigenvalue weighted by atomic mass is 19.4. The number of likely N-dealkylation sites (tertiary alicyclic amines) is 1. The van der Waals surface area contributed by atoms with Crippen LogP contribution in [0.5, 0.6) is 6.01 Å². The summed E-state index contributed by atoms with van der Waals surface area (Å²) in [5, 5.41) is 4.39. The lowest BCUT2D eigenvalue weighted by atomic mass is 10.0. The zero-order valence-electron chi connectivity index (χ0n) is 20.5. The van der Waals surface area contributed by atoms with Crippen molar-refractivity contribution >= 4 is 22.7 Å². The third-order valence-electron chi connectivity index (χ3n) is 7.64. The van der Waals surface area contributed by atoms with Gasteiger partial charge in [-0.05, 0) is 57.0 Å². The maximum atomic E-state index is 13.8. The Hall–Kier alpha value is -3.25. The summed E-state index contributed by atoms with van der Waals surface area (Å²) in [6.45, 7) is 3.09. The van der Waals surface area contributed by atoms with E-state index in [1.165, 1.54) is 0 Å². The second-order valence-corrected chi connectivity index (χ2v) is 10.2. The van der Waals surface area contributed by atoms with E-state index in [-0.39, 0.29) is 17.6 Å². The average molecular weight is 515 g/mol. The van der Waals surface area contributed by atoms with Crippen molar-refractivity contribution in [2.75, 3.05) is 43.9 Å². The SMILES string of the molecule is CN1CCC[C@H]1COc1nc(N2CC3CCC(C2)N3)c2ccc(-c3cnc(N)nc3C(F)(F)F)cc2n1. The van der Waals surface area contributed by atoms with Crippen LogP contribution in [0.3, 0.4) is 0 Å². The van der Waals surface area contributed by atoms with Gasteiger partial charge in [-0.3, -0.25) is 0 Å². The highest BCUT2D eigenvalue weighted by Gasteiger charge is 2.37. The Morgan fingerprint density at radius 1 is 1.11 bits per heavy atom. The fraction of sp³-hybridized carbons (Fsp3) is 0.520. The maximum Gasteiger partial charge on any atom is 0.434 e. The van der Waals surface area contributed by atoms with Crippen LogP contribution in [-0.4, -0.2) is 76.3 Å². The summed E-state index contributed by atoms with van der Waals surface area (Å²) < 4.78 is 47.3. The second kappa shape index (κ2) is 9.25. The highest BCUT2D eigenvalue weighted by Crippen LogP contribution is 2.38. The Morgan fingerprint density at radius 3 is 2.59 bits per heavy atom. The van der Waals surface area contributed by atoms with Crippen LogP contribution < -0.4 is 20.7 Å². The number of alkyl halides is 3. The predicted octanol–water partition coefficient (Wildman–Crippen LogP) is 3.10. The number of aromatic nitrogens is 4. The molecule has 196 valence electrons. The van der Waals surface area contributed by atoms with Gasteiger partial charge >= 0.3 is 12.2 Å². The van der Waals surface area contributed by atoms with Crippen molar-refractivity contribution in [1.29, 1.82) is 0 Å². The molecule has 3 aliphatic rings. The molecular formula is C25H29F3N8O. The van der Waals surface area contributed by atoms with Crippen molar-refractivity contribution in [2.24, 2.45) is 0 Å². The number of nitrogens with zero attached hydrogens (tertiary/aromatic N) is 6. The lowest BCUT2D eigenvalue weighted by Gasteiger charge is -2.34. The van der Waals surface area contributed by atoms with Crippen LogP contribution in [0.15, 0.2) is 24.4 Å². The van der Waals surface area contributed by atoms with Gasteiger partial charge in [0.25, 0.3) is 0 Å². The monoisotopic (exact) mass is 514 g/mol. The second-order valence-electron chi connectivity index (χ2n) is 10.2. The molecule has 0 amide bonds. The van der Waals surface area contributed by atoms with Crippen molar-refractivity contribution in [3.8, 4) is 17.1 Å². The third kappa shape index (κ3) is 4.75. The van der Waals surface area contributed by atoms with Crippen LogP contribution in [0.2, 0.25) is 0 Å². The summed E-state index contributed by atoms with van der Waals surface area (Å²) in [6.07, 6.45) is 0.813. The molecule has 3 atom stereocenters. The van der Waals surface area contributed by atoms with Gasteiger partial charge in [-0.1, -0.05) is 6.07 Å². The molecule has 3 saturated heterocycles. The molecule has 0 aliphatic carbocycles. The minimum atomic E-state index is -4.68. The average Bonchev–Trinajstić information content (AvgIpc) is 3.44. The van der Waals surface area contributed by atoms with Crippen LogP contribution >= 0.6 is 0 Å². The zero-order chi connectivity index (χ0) is 25.7. The Bertz CT molecular complexity index is 1310. The summed E-state index contributed by atoms with van der Waals surface area (Å²) >= 11 is 0. The number of nitrogens with two attached hydrogens (primary N) is 1. The number of fused-ring (bicyclic) bond motifs is 3. The van der Waals surface area contributed by atoms with Crippen molar-refractivity contribution in [3.05, 3.63) is 30.1 Å². The number of hydrogen-bond acceptors (Lipinski definition) is 9. The van der Waals surface area contributed by atoms with Crippen molar-refractivity contribution < 1.29 is 17.9 Å². The van der Waals surface area contributed by atoms with Gasteiger partial charge < -0.3 is 25.6 Å². The van der Waals surface area contributed by atoms with Gasteiger partial charge in [0, 0.05) is 48.4 Å². The van der Waals surface area contributed by atoms with E-state index in [1.54, 1.807) is 18.2 Å². The molecule has 3 N–H and O–H groups in total. The molecule has 2 aromatic heterocycles. The van der Waals surface area contributed by atoms with Crippen molar-refractivity contribution in [2.45, 2.75) is 50.0 Å². The molecule has 1 aromatic carbocycles. The summed E-state index contributed by atoms with van der Waals surface area (Å²) in [6, 6.07) is 6.32. The van der Waals surface area contributed by atoms with E-state index in [9.17, 15) is 13.2 Å². The van der Waals surface area contributed by atoms with E-state index < -0.39 is 17.8 Å². The Labute approximate surface area is 212 Å². The third-order valence-corrected chi connectivity index (χ3v) is 7.64. The van der Waals surface area contributed by atoms with Crippen LogP contribution in [0, 0.1) is 0 Å². The Kier molecular flexibility index (Phi) is 6.03. The van der Waals surface area contributed by atoms with E-state index >= 15 is 0 Å². The van der Waals surface area contributed by atoms with Gasteiger partial charge in [0.2, 0.25) is 5.95 Å². The molecule has 2 unspecified atom stereocenters. The smallest absolute Gasteiger partial charge is 0.434 e. The van der Waals surface area contributed by atoms with Crippen LogP contribution in [-0.2, 0) is 6.18 Å². The summed E-state index contributed by atoms with van der Waals surface area (Å²) in [7, 11) is 2.07. The van der Waals surface area contributed by atoms with Gasteiger partial charge in [-0.15, -0.1) is 0 Å². The normalized spacial score (nSPS) is 24.2.